The highest BCUT2D eigenvalue weighted by atomic mass is 79.9. The summed E-state index contributed by atoms with van der Waals surface area (Å²) in [6.07, 6.45) is 0. The van der Waals surface area contributed by atoms with Gasteiger partial charge in [0.25, 0.3) is 0 Å². The van der Waals surface area contributed by atoms with Crippen molar-refractivity contribution in [2.45, 2.75) is 0 Å². The van der Waals surface area contributed by atoms with Gasteiger partial charge in [-0.1, -0.05) is 165 Å². The fourth-order valence-corrected chi connectivity index (χ4v) is 9.14. The van der Waals surface area contributed by atoms with E-state index in [9.17, 15) is 0 Å². The molecule has 214 valence electrons. The van der Waals surface area contributed by atoms with Crippen molar-refractivity contribution in [1.82, 2.24) is 0 Å². The van der Waals surface area contributed by atoms with E-state index < -0.39 is 0 Å². The zero-order valence-corrected chi connectivity index (χ0v) is 27.8. The van der Waals surface area contributed by atoms with Gasteiger partial charge >= 0.3 is 0 Å². The fraction of sp³-hybridized carbons (Fsp3) is 0. The molecule has 0 fully saturated rings. The average Bonchev–Trinajstić information content (AvgIpc) is 3.12. The molecule has 10 rings (SSSR count). The number of hydrogen-bond acceptors (Lipinski definition) is 0. The Hall–Kier alpha value is -4.76. The van der Waals surface area contributed by atoms with E-state index in [4.69, 9.17) is 0 Å². The Kier molecular flexibility index (Phi) is 5.68. The average molecular weight is 712 g/mol. The van der Waals surface area contributed by atoms with Crippen molar-refractivity contribution in [3.8, 4) is 33.4 Å². The number of halogens is 2. The molecule has 0 unspecified atom stereocenters. The van der Waals surface area contributed by atoms with Crippen LogP contribution in [0.3, 0.4) is 0 Å². The van der Waals surface area contributed by atoms with Crippen LogP contribution in [0.1, 0.15) is 0 Å². The van der Waals surface area contributed by atoms with Crippen LogP contribution in [0.2, 0.25) is 0 Å². The van der Waals surface area contributed by atoms with E-state index >= 15 is 0 Å². The van der Waals surface area contributed by atoms with E-state index in [1.807, 2.05) is 0 Å². The van der Waals surface area contributed by atoms with Crippen molar-refractivity contribution in [1.29, 1.82) is 0 Å². The molecule has 0 saturated heterocycles. The molecule has 0 N–H and O–H groups in total. The maximum absolute atomic E-state index is 4.03. The van der Waals surface area contributed by atoms with Gasteiger partial charge in [-0.05, 0) is 105 Å². The van der Waals surface area contributed by atoms with Crippen molar-refractivity contribution < 1.29 is 0 Å². The first-order valence-electron chi connectivity index (χ1n) is 15.6. The van der Waals surface area contributed by atoms with E-state index in [1.165, 1.54) is 98.0 Å². The predicted octanol–water partition coefficient (Wildman–Crippen LogP) is 14.0. The van der Waals surface area contributed by atoms with Gasteiger partial charge in [0.2, 0.25) is 0 Å². The first-order valence-corrected chi connectivity index (χ1v) is 17.2. The molecule has 0 aliphatic carbocycles. The van der Waals surface area contributed by atoms with Crippen LogP contribution in [0.25, 0.3) is 98.0 Å². The van der Waals surface area contributed by atoms with E-state index in [0.717, 1.165) is 8.95 Å². The summed E-state index contributed by atoms with van der Waals surface area (Å²) in [4.78, 5) is 0. The Labute approximate surface area is 282 Å². The summed E-state index contributed by atoms with van der Waals surface area (Å²) in [7, 11) is 0. The minimum atomic E-state index is 1.12. The topological polar surface area (TPSA) is 0 Å². The molecular formula is C44H24Br2. The Morgan fingerprint density at radius 1 is 0.261 bits per heavy atom. The monoisotopic (exact) mass is 710 g/mol. The third kappa shape index (κ3) is 3.54. The summed E-state index contributed by atoms with van der Waals surface area (Å²) in [5.74, 6) is 0. The van der Waals surface area contributed by atoms with Crippen molar-refractivity contribution >= 4 is 96.5 Å². The molecular weight excluding hydrogens is 688 g/mol. The molecule has 46 heavy (non-hydrogen) atoms. The molecule has 0 amide bonds. The molecule has 0 nitrogen and oxygen atoms in total. The summed E-state index contributed by atoms with van der Waals surface area (Å²) >= 11 is 8.07. The molecule has 0 spiro atoms. The van der Waals surface area contributed by atoms with E-state index in [2.05, 4.69) is 177 Å². The van der Waals surface area contributed by atoms with Gasteiger partial charge in [0.1, 0.15) is 0 Å². The maximum atomic E-state index is 4.03. The number of rotatable bonds is 3. The zero-order valence-electron chi connectivity index (χ0n) is 24.6. The van der Waals surface area contributed by atoms with Crippen LogP contribution in [0.5, 0.6) is 0 Å². The Morgan fingerprint density at radius 3 is 1.37 bits per heavy atom. The van der Waals surface area contributed by atoms with Crippen LogP contribution in [-0.4, -0.2) is 0 Å². The molecule has 0 aromatic heterocycles. The summed E-state index contributed by atoms with van der Waals surface area (Å²) in [5.41, 5.74) is 7.46. The molecule has 0 saturated carbocycles. The minimum absolute atomic E-state index is 1.12. The van der Waals surface area contributed by atoms with Crippen LogP contribution in [0.4, 0.5) is 0 Å². The molecule has 0 bridgehead atoms. The van der Waals surface area contributed by atoms with Gasteiger partial charge in [-0.25, -0.2) is 0 Å². The smallest absolute Gasteiger partial charge is 0.0260 e. The second-order valence-electron chi connectivity index (χ2n) is 12.2. The number of hydrogen-bond donors (Lipinski definition) is 0. The van der Waals surface area contributed by atoms with Gasteiger partial charge in [-0.15, -0.1) is 0 Å². The zero-order chi connectivity index (χ0) is 30.5. The largest absolute Gasteiger partial charge is 0.0622 e. The molecule has 10 aromatic carbocycles. The standard InChI is InChI=1S/C44H24Br2/c45-36-23-22-29(26-12-6-2-7-13-26)38-33-21-18-31-37(46)24-35(27-14-8-3-9-15-27)40-32-19-16-28(25-10-4-1-5-11-25)30-17-20-34(41(36)38)43(39(30)32)44(33)42(31)40/h1-24H. The molecule has 0 atom stereocenters. The highest BCUT2D eigenvalue weighted by Gasteiger charge is 2.25. The third-order valence-corrected chi connectivity index (χ3v) is 11.2. The number of fused-ring (bicyclic) bond motifs is 4. The van der Waals surface area contributed by atoms with Gasteiger partial charge in [-0.3, -0.25) is 0 Å². The SMILES string of the molecule is Brc1cc(-c2ccccc2)c2c3ccc(-c4ccccc4)c4ccc5c6c(Br)ccc(-c7ccccc7)c6c6ccc1c2c6c5c43. The Morgan fingerprint density at radius 2 is 0.696 bits per heavy atom. The minimum Gasteiger partial charge on any atom is -0.0622 e. The lowest BCUT2D eigenvalue weighted by atomic mass is 9.79. The van der Waals surface area contributed by atoms with Crippen LogP contribution in [0, 0.1) is 0 Å². The highest BCUT2D eigenvalue weighted by molar-refractivity contribution is 9.11. The summed E-state index contributed by atoms with van der Waals surface area (Å²) < 4.78 is 2.24. The Balaban J connectivity index is 1.54. The summed E-state index contributed by atoms with van der Waals surface area (Å²) in [6.45, 7) is 0. The fourth-order valence-electron chi connectivity index (χ4n) is 8.04. The molecule has 0 heterocycles. The quantitative estimate of drug-likeness (QED) is 0.126. The van der Waals surface area contributed by atoms with Crippen molar-refractivity contribution in [2.75, 3.05) is 0 Å². The normalized spacial score (nSPS) is 12.1. The Bertz CT molecular complexity index is 2780. The van der Waals surface area contributed by atoms with Crippen LogP contribution < -0.4 is 0 Å². The van der Waals surface area contributed by atoms with Gasteiger partial charge in [0, 0.05) is 14.3 Å². The lowest BCUT2D eigenvalue weighted by Gasteiger charge is -2.24. The van der Waals surface area contributed by atoms with Crippen molar-refractivity contribution in [3.05, 3.63) is 155 Å². The van der Waals surface area contributed by atoms with Gasteiger partial charge in [0.15, 0.2) is 0 Å². The van der Waals surface area contributed by atoms with Crippen LogP contribution in [0.15, 0.2) is 155 Å². The second kappa shape index (κ2) is 9.87. The van der Waals surface area contributed by atoms with E-state index in [0.29, 0.717) is 0 Å². The summed E-state index contributed by atoms with van der Waals surface area (Å²) in [6, 6.07) is 53.5. The van der Waals surface area contributed by atoms with Crippen LogP contribution in [-0.2, 0) is 0 Å². The van der Waals surface area contributed by atoms with Crippen molar-refractivity contribution in [2.24, 2.45) is 0 Å². The molecule has 0 radical (unpaired) electrons. The molecule has 0 aliphatic heterocycles. The van der Waals surface area contributed by atoms with Crippen LogP contribution >= 0.6 is 31.9 Å². The first kappa shape index (κ1) is 26.5. The highest BCUT2D eigenvalue weighted by Crippen LogP contribution is 2.54. The van der Waals surface area contributed by atoms with E-state index in [1.54, 1.807) is 0 Å². The molecule has 0 aliphatic rings. The summed E-state index contributed by atoms with van der Waals surface area (Å²) in [5, 5.41) is 15.6. The number of benzene rings is 10. The van der Waals surface area contributed by atoms with Gasteiger partial charge < -0.3 is 0 Å². The van der Waals surface area contributed by atoms with Gasteiger partial charge in [0.05, 0.1) is 0 Å². The lowest BCUT2D eigenvalue weighted by molar-refractivity contribution is 1.65. The molecule has 2 heteroatoms. The first-order chi connectivity index (χ1) is 22.7. The van der Waals surface area contributed by atoms with E-state index in [-0.39, 0.29) is 0 Å². The predicted molar refractivity (Wildman–Crippen MR) is 206 cm³/mol. The van der Waals surface area contributed by atoms with Gasteiger partial charge in [-0.2, -0.15) is 0 Å². The molecule has 10 aromatic rings. The third-order valence-electron chi connectivity index (χ3n) is 9.90. The van der Waals surface area contributed by atoms with Crippen molar-refractivity contribution in [3.63, 3.8) is 0 Å². The lowest BCUT2D eigenvalue weighted by Crippen LogP contribution is -1.96. The second-order valence-corrected chi connectivity index (χ2v) is 13.9. The maximum Gasteiger partial charge on any atom is 0.0260 e.